The van der Waals surface area contributed by atoms with Gasteiger partial charge in [-0.05, 0) is 23.3 Å². The van der Waals surface area contributed by atoms with Crippen LogP contribution in [0.1, 0.15) is 10.4 Å². The van der Waals surface area contributed by atoms with Crippen molar-refractivity contribution >= 4 is 5.97 Å². The molecule has 0 saturated heterocycles. The summed E-state index contributed by atoms with van der Waals surface area (Å²) in [6.07, 6.45) is 0. The molecule has 0 aliphatic carbocycles. The number of carbonyl (C=O) groups excluding carboxylic acids is 1. The van der Waals surface area contributed by atoms with Crippen LogP contribution in [0.5, 0.6) is 0 Å². The summed E-state index contributed by atoms with van der Waals surface area (Å²) in [5.41, 5.74) is 8.92. The lowest BCUT2D eigenvalue weighted by Gasteiger charge is -2.02. The zero-order valence-corrected chi connectivity index (χ0v) is 8.96. The molecule has 2 rings (SSSR count). The van der Waals surface area contributed by atoms with Gasteiger partial charge in [-0.3, -0.25) is 4.84 Å². The Bertz CT molecular complexity index is 521. The molecule has 0 spiro atoms. The highest BCUT2D eigenvalue weighted by Gasteiger charge is 2.06. The van der Waals surface area contributed by atoms with Crippen LogP contribution >= 0.6 is 0 Å². The van der Waals surface area contributed by atoms with Crippen LogP contribution in [0.3, 0.4) is 0 Å². The maximum absolute atomic E-state index is 11.3. The molecule has 0 unspecified atom stereocenters. The first-order valence-electron chi connectivity index (χ1n) is 5.05. The minimum absolute atomic E-state index is 0.376. The van der Waals surface area contributed by atoms with Gasteiger partial charge in [0.1, 0.15) is 0 Å². The second-order valence-electron chi connectivity index (χ2n) is 3.41. The van der Waals surface area contributed by atoms with Crippen LogP contribution in [-0.2, 0) is 4.84 Å². The lowest BCUT2D eigenvalue weighted by atomic mass is 10.0. The lowest BCUT2D eigenvalue weighted by Crippen LogP contribution is -1.99. The lowest BCUT2D eigenvalue weighted by molar-refractivity contribution is 0.0466. The van der Waals surface area contributed by atoms with Crippen LogP contribution in [0.4, 0.5) is 0 Å². The fourth-order valence-electron chi connectivity index (χ4n) is 1.52. The molecular formula is C13H10N2O2. The van der Waals surface area contributed by atoms with Crippen molar-refractivity contribution in [3.8, 4) is 11.1 Å². The number of nitrogens with zero attached hydrogens (tertiary/aromatic N) is 1. The molecule has 2 aromatic carbocycles. The van der Waals surface area contributed by atoms with Crippen LogP contribution in [0.2, 0.25) is 0 Å². The Morgan fingerprint density at radius 3 is 2.12 bits per heavy atom. The first-order chi connectivity index (χ1) is 8.31. The number of nitrogens with one attached hydrogen (secondary N) is 1. The zero-order chi connectivity index (χ0) is 12.1. The molecule has 2 aromatic rings. The molecule has 0 bridgehead atoms. The minimum Gasteiger partial charge on any atom is -0.295 e. The Morgan fingerprint density at radius 1 is 0.941 bits per heavy atom. The van der Waals surface area contributed by atoms with E-state index in [-0.39, 0.29) is 0 Å². The summed E-state index contributed by atoms with van der Waals surface area (Å²) >= 11 is 0. The molecule has 0 atom stereocenters. The van der Waals surface area contributed by atoms with Gasteiger partial charge in [0.25, 0.3) is 0 Å². The van der Waals surface area contributed by atoms with Gasteiger partial charge in [0.05, 0.1) is 5.56 Å². The number of hydrogen-bond acceptors (Lipinski definition) is 4. The monoisotopic (exact) mass is 226 g/mol. The summed E-state index contributed by atoms with van der Waals surface area (Å²) in [6, 6.07) is 16.8. The van der Waals surface area contributed by atoms with Gasteiger partial charge in [-0.25, -0.2) is 4.79 Å². The fraction of sp³-hybridized carbons (Fsp3) is 0. The van der Waals surface area contributed by atoms with Crippen molar-refractivity contribution in [1.29, 1.82) is 5.53 Å². The van der Waals surface area contributed by atoms with Crippen LogP contribution < -0.4 is 0 Å². The van der Waals surface area contributed by atoms with Crippen molar-refractivity contribution in [3.63, 3.8) is 0 Å². The molecular weight excluding hydrogens is 216 g/mol. The number of carbonyl (C=O) groups is 1. The second-order valence-corrected chi connectivity index (χ2v) is 3.41. The summed E-state index contributed by atoms with van der Waals surface area (Å²) in [5, 5.41) is 2.59. The molecule has 0 aliphatic heterocycles. The average molecular weight is 226 g/mol. The van der Waals surface area contributed by atoms with Gasteiger partial charge in [-0.2, -0.15) is 5.53 Å². The van der Waals surface area contributed by atoms with Gasteiger partial charge >= 0.3 is 5.97 Å². The zero-order valence-electron chi connectivity index (χ0n) is 8.96. The molecule has 1 N–H and O–H groups in total. The van der Waals surface area contributed by atoms with E-state index >= 15 is 0 Å². The largest absolute Gasteiger partial charge is 0.367 e. The summed E-state index contributed by atoms with van der Waals surface area (Å²) in [4.78, 5) is 15.5. The predicted molar refractivity (Wildman–Crippen MR) is 62.4 cm³/mol. The standard InChI is InChI=1S/C13H10N2O2/c14-15-17-13(16)12-8-6-11(7-9-12)10-4-2-1-3-5-10/h1-9,14H. The molecule has 84 valence electrons. The molecule has 0 radical (unpaired) electrons. The highest BCUT2D eigenvalue weighted by atomic mass is 16.7. The van der Waals surface area contributed by atoms with Crippen LogP contribution in [0.15, 0.2) is 59.9 Å². The van der Waals surface area contributed by atoms with E-state index in [2.05, 4.69) is 10.1 Å². The fourth-order valence-corrected chi connectivity index (χ4v) is 1.52. The summed E-state index contributed by atoms with van der Waals surface area (Å²) in [5.74, 6) is -0.625. The molecule has 0 fully saturated rings. The summed E-state index contributed by atoms with van der Waals surface area (Å²) in [7, 11) is 0. The van der Waals surface area contributed by atoms with Gasteiger partial charge in [-0.1, -0.05) is 42.5 Å². The maximum Gasteiger partial charge on any atom is 0.367 e. The van der Waals surface area contributed by atoms with Gasteiger partial charge < -0.3 is 0 Å². The first kappa shape index (κ1) is 11.0. The summed E-state index contributed by atoms with van der Waals surface area (Å²) < 4.78 is 0. The average Bonchev–Trinajstić information content (AvgIpc) is 2.40. The SMILES string of the molecule is N=NOC(=O)c1ccc(-c2ccccc2)cc1. The van der Waals surface area contributed by atoms with E-state index < -0.39 is 5.97 Å². The van der Waals surface area contributed by atoms with Gasteiger partial charge in [-0.15, -0.1) is 0 Å². The van der Waals surface area contributed by atoms with Gasteiger partial charge in [0, 0.05) is 5.28 Å². The van der Waals surface area contributed by atoms with E-state index in [1.165, 1.54) is 0 Å². The molecule has 0 aromatic heterocycles. The third kappa shape index (κ3) is 2.55. The van der Waals surface area contributed by atoms with Gasteiger partial charge in [0.2, 0.25) is 0 Å². The van der Waals surface area contributed by atoms with Crippen LogP contribution in [0.25, 0.3) is 11.1 Å². The molecule has 17 heavy (non-hydrogen) atoms. The molecule has 4 nitrogen and oxygen atoms in total. The number of rotatable bonds is 3. The Labute approximate surface area is 98.3 Å². The van der Waals surface area contributed by atoms with Crippen molar-refractivity contribution in [2.45, 2.75) is 0 Å². The van der Waals surface area contributed by atoms with Crippen molar-refractivity contribution in [3.05, 3.63) is 60.2 Å². The minimum atomic E-state index is -0.625. The van der Waals surface area contributed by atoms with Crippen molar-refractivity contribution in [2.24, 2.45) is 5.28 Å². The van der Waals surface area contributed by atoms with E-state index in [4.69, 9.17) is 5.53 Å². The highest BCUT2D eigenvalue weighted by Crippen LogP contribution is 2.19. The molecule has 0 heterocycles. The van der Waals surface area contributed by atoms with Crippen molar-refractivity contribution in [1.82, 2.24) is 0 Å². The van der Waals surface area contributed by atoms with Crippen LogP contribution in [-0.4, -0.2) is 5.97 Å². The third-order valence-electron chi connectivity index (χ3n) is 2.36. The number of benzene rings is 2. The first-order valence-corrected chi connectivity index (χ1v) is 5.05. The quantitative estimate of drug-likeness (QED) is 0.643. The Morgan fingerprint density at radius 2 is 1.53 bits per heavy atom. The van der Waals surface area contributed by atoms with Crippen molar-refractivity contribution < 1.29 is 9.63 Å². The Balaban J connectivity index is 2.24. The summed E-state index contributed by atoms with van der Waals surface area (Å²) in [6.45, 7) is 0. The van der Waals surface area contributed by atoms with Crippen LogP contribution in [0, 0.1) is 5.53 Å². The molecule has 4 heteroatoms. The topological polar surface area (TPSA) is 62.5 Å². The van der Waals surface area contributed by atoms with Gasteiger partial charge in [0.15, 0.2) is 0 Å². The predicted octanol–water partition coefficient (Wildman–Crippen LogP) is 3.46. The second kappa shape index (κ2) is 5.03. The third-order valence-corrected chi connectivity index (χ3v) is 2.36. The van der Waals surface area contributed by atoms with E-state index in [0.717, 1.165) is 11.1 Å². The Kier molecular flexibility index (Phi) is 3.25. The molecule has 0 amide bonds. The normalized spacial score (nSPS) is 9.65. The maximum atomic E-state index is 11.3. The van der Waals surface area contributed by atoms with E-state index in [9.17, 15) is 4.79 Å². The smallest absolute Gasteiger partial charge is 0.295 e. The Hall–Kier alpha value is -2.49. The van der Waals surface area contributed by atoms with E-state index in [0.29, 0.717) is 5.56 Å². The van der Waals surface area contributed by atoms with E-state index in [1.54, 1.807) is 12.1 Å². The van der Waals surface area contributed by atoms with E-state index in [1.807, 2.05) is 42.5 Å². The molecule has 0 saturated carbocycles. The molecule has 0 aliphatic rings. The number of hydrogen-bond donors (Lipinski definition) is 1. The van der Waals surface area contributed by atoms with Crippen molar-refractivity contribution in [2.75, 3.05) is 0 Å². The highest BCUT2D eigenvalue weighted by molar-refractivity contribution is 5.89.